The van der Waals surface area contributed by atoms with Gasteiger partial charge in [0.1, 0.15) is 24.1 Å². The van der Waals surface area contributed by atoms with Crippen molar-refractivity contribution in [3.8, 4) is 6.07 Å². The number of imide groups is 1. The zero-order valence-electron chi connectivity index (χ0n) is 17.0. The molecule has 0 unspecified atom stereocenters. The summed E-state index contributed by atoms with van der Waals surface area (Å²) in [6.45, 7) is -0.718. The van der Waals surface area contributed by atoms with Crippen LogP contribution in [-0.2, 0) is 4.79 Å². The molecule has 2 fully saturated rings. The maximum Gasteiger partial charge on any atom is 0.330 e. The third-order valence-electron chi connectivity index (χ3n) is 5.19. The molecule has 5 rings (SSSR count). The number of rotatable bonds is 6. The van der Waals surface area contributed by atoms with Gasteiger partial charge in [0.05, 0.1) is 28.5 Å². The molecule has 0 spiro atoms. The molecular weight excluding hydrogens is 448 g/mol. The minimum Gasteiger partial charge on any atom is -0.376 e. The number of carbonyl (C=O) groups is 2. The summed E-state index contributed by atoms with van der Waals surface area (Å²) in [5.74, 6) is 0.520. The lowest BCUT2D eigenvalue weighted by molar-refractivity contribution is -0.125. The Morgan fingerprint density at radius 2 is 2.15 bits per heavy atom. The van der Waals surface area contributed by atoms with E-state index in [2.05, 4.69) is 26.0 Å². The van der Waals surface area contributed by atoms with Gasteiger partial charge in [-0.05, 0) is 37.1 Å². The lowest BCUT2D eigenvalue weighted by atomic mass is 10.2. The Labute approximate surface area is 192 Å². The van der Waals surface area contributed by atoms with E-state index in [1.54, 1.807) is 28.8 Å². The number of aromatic nitrogens is 3. The van der Waals surface area contributed by atoms with Crippen molar-refractivity contribution in [3.63, 3.8) is 0 Å². The number of nitrogens with zero attached hydrogens (tertiary/aromatic N) is 5. The molecule has 3 heterocycles. The van der Waals surface area contributed by atoms with E-state index in [0.717, 1.165) is 12.8 Å². The SMILES string of the molecule is N#Cc1ccc(Nc2cc(NC3CC3)n3ncc(/C=C4\NC(=O)N(CO)C4=O)c3n2)c(Cl)c1. The normalized spacial score (nSPS) is 16.9. The van der Waals surface area contributed by atoms with Crippen molar-refractivity contribution in [2.45, 2.75) is 18.9 Å². The summed E-state index contributed by atoms with van der Waals surface area (Å²) < 4.78 is 1.61. The number of nitriles is 1. The van der Waals surface area contributed by atoms with Gasteiger partial charge in [-0.1, -0.05) is 11.6 Å². The van der Waals surface area contributed by atoms with Gasteiger partial charge in [-0.15, -0.1) is 0 Å². The molecule has 1 aliphatic heterocycles. The summed E-state index contributed by atoms with van der Waals surface area (Å²) in [6.07, 6.45) is 5.09. The Kier molecular flexibility index (Phi) is 5.08. The van der Waals surface area contributed by atoms with E-state index >= 15 is 0 Å². The predicted molar refractivity (Wildman–Crippen MR) is 120 cm³/mol. The second kappa shape index (κ2) is 8.09. The molecule has 0 radical (unpaired) electrons. The fourth-order valence-electron chi connectivity index (χ4n) is 3.36. The summed E-state index contributed by atoms with van der Waals surface area (Å²) in [4.78, 5) is 29.5. The highest BCUT2D eigenvalue weighted by Gasteiger charge is 2.33. The summed E-state index contributed by atoms with van der Waals surface area (Å²) in [7, 11) is 0. The van der Waals surface area contributed by atoms with E-state index in [4.69, 9.17) is 16.9 Å². The molecule has 3 amide bonds. The van der Waals surface area contributed by atoms with Crippen LogP contribution in [0.5, 0.6) is 0 Å². The second-order valence-electron chi connectivity index (χ2n) is 7.57. The minimum absolute atomic E-state index is 0.0101. The van der Waals surface area contributed by atoms with E-state index < -0.39 is 18.7 Å². The summed E-state index contributed by atoms with van der Waals surface area (Å²) in [5, 5.41) is 32.0. The molecule has 4 N–H and O–H groups in total. The van der Waals surface area contributed by atoms with Gasteiger partial charge in [-0.2, -0.15) is 14.9 Å². The number of hydrogen-bond donors (Lipinski definition) is 4. The number of aliphatic hydroxyl groups is 1. The highest BCUT2D eigenvalue weighted by Crippen LogP contribution is 2.30. The summed E-state index contributed by atoms with van der Waals surface area (Å²) in [6, 6.07) is 8.36. The van der Waals surface area contributed by atoms with Gasteiger partial charge >= 0.3 is 6.03 Å². The minimum atomic E-state index is -0.718. The molecule has 0 atom stereocenters. The van der Waals surface area contributed by atoms with Crippen molar-refractivity contribution in [2.75, 3.05) is 17.4 Å². The lowest BCUT2D eigenvalue weighted by Crippen LogP contribution is -2.31. The second-order valence-corrected chi connectivity index (χ2v) is 7.98. The van der Waals surface area contributed by atoms with Crippen LogP contribution >= 0.6 is 11.6 Å². The van der Waals surface area contributed by atoms with E-state index in [9.17, 15) is 14.7 Å². The van der Waals surface area contributed by atoms with Crippen molar-refractivity contribution >= 4 is 52.6 Å². The quantitative estimate of drug-likeness (QED) is 0.321. The van der Waals surface area contributed by atoms with Gasteiger partial charge in [-0.25, -0.2) is 14.7 Å². The van der Waals surface area contributed by atoms with Crippen LogP contribution in [0.1, 0.15) is 24.0 Å². The molecule has 2 aliphatic rings. The first-order valence-corrected chi connectivity index (χ1v) is 10.4. The van der Waals surface area contributed by atoms with Crippen LogP contribution in [0.25, 0.3) is 11.7 Å². The standard InChI is InChI=1S/C21H17ClN8O3/c22-14-5-11(8-23)1-4-15(14)26-17-7-18(25-13-2-3-13)30-19(28-17)12(9-24-30)6-16-20(32)29(10-31)21(33)27-16/h1,4-7,9,13,25,31H,2-3,10H2,(H,26,28)(H,27,33)/b16-6-. The molecule has 0 bridgehead atoms. The van der Waals surface area contributed by atoms with Gasteiger partial charge in [0.2, 0.25) is 0 Å². The highest BCUT2D eigenvalue weighted by molar-refractivity contribution is 6.33. The van der Waals surface area contributed by atoms with Gasteiger partial charge in [0, 0.05) is 17.7 Å². The number of amides is 3. The van der Waals surface area contributed by atoms with Crippen molar-refractivity contribution in [2.24, 2.45) is 0 Å². The summed E-state index contributed by atoms with van der Waals surface area (Å²) in [5.41, 5.74) is 1.95. The monoisotopic (exact) mass is 464 g/mol. The fourth-order valence-corrected chi connectivity index (χ4v) is 3.59. The molecular formula is C21H17ClN8O3. The fraction of sp³-hybridized carbons (Fsp3) is 0.190. The van der Waals surface area contributed by atoms with Crippen molar-refractivity contribution < 1.29 is 14.7 Å². The van der Waals surface area contributed by atoms with Gasteiger partial charge in [0.25, 0.3) is 5.91 Å². The Bertz CT molecular complexity index is 1370. The average molecular weight is 465 g/mol. The zero-order valence-corrected chi connectivity index (χ0v) is 17.8. The number of nitrogens with one attached hydrogen (secondary N) is 3. The maximum absolute atomic E-state index is 12.3. The van der Waals surface area contributed by atoms with Crippen LogP contribution in [0.3, 0.4) is 0 Å². The number of hydrogen-bond acceptors (Lipinski definition) is 8. The van der Waals surface area contributed by atoms with Crippen LogP contribution in [0.2, 0.25) is 5.02 Å². The Morgan fingerprint density at radius 3 is 2.82 bits per heavy atom. The van der Waals surface area contributed by atoms with Crippen LogP contribution in [0, 0.1) is 11.3 Å². The largest absolute Gasteiger partial charge is 0.376 e. The molecule has 1 aliphatic carbocycles. The topological polar surface area (TPSA) is 148 Å². The van der Waals surface area contributed by atoms with Gasteiger partial charge in [0.15, 0.2) is 5.65 Å². The van der Waals surface area contributed by atoms with E-state index in [1.807, 2.05) is 6.07 Å². The van der Waals surface area contributed by atoms with Crippen molar-refractivity contribution in [1.29, 1.82) is 5.26 Å². The molecule has 33 heavy (non-hydrogen) atoms. The lowest BCUT2D eigenvalue weighted by Gasteiger charge is -2.12. The number of carbonyl (C=O) groups excluding carboxylic acids is 2. The molecule has 11 nitrogen and oxygen atoms in total. The van der Waals surface area contributed by atoms with E-state index in [-0.39, 0.29) is 5.70 Å². The number of anilines is 3. The van der Waals surface area contributed by atoms with Crippen LogP contribution in [-0.4, -0.2) is 49.3 Å². The average Bonchev–Trinajstić information content (AvgIpc) is 3.46. The molecule has 1 saturated heterocycles. The Hall–Kier alpha value is -4.14. The number of urea groups is 1. The first-order valence-electron chi connectivity index (χ1n) is 10.0. The Balaban J connectivity index is 1.56. The van der Waals surface area contributed by atoms with Gasteiger partial charge in [-0.3, -0.25) is 4.79 Å². The number of halogens is 1. The molecule has 166 valence electrons. The third kappa shape index (κ3) is 3.93. The Morgan fingerprint density at radius 1 is 1.33 bits per heavy atom. The molecule has 1 saturated carbocycles. The van der Waals surface area contributed by atoms with Gasteiger partial charge < -0.3 is 21.1 Å². The van der Waals surface area contributed by atoms with Crippen LogP contribution in [0.4, 0.5) is 22.1 Å². The van der Waals surface area contributed by atoms with Crippen molar-refractivity contribution in [1.82, 2.24) is 24.8 Å². The highest BCUT2D eigenvalue weighted by atomic mass is 35.5. The van der Waals surface area contributed by atoms with E-state index in [1.165, 1.54) is 12.3 Å². The summed E-state index contributed by atoms with van der Waals surface area (Å²) >= 11 is 6.30. The number of benzene rings is 1. The maximum atomic E-state index is 12.3. The van der Waals surface area contributed by atoms with E-state index in [0.29, 0.717) is 50.1 Å². The predicted octanol–water partition coefficient (Wildman–Crippen LogP) is 2.41. The van der Waals surface area contributed by atoms with Crippen LogP contribution < -0.4 is 16.0 Å². The molecule has 3 aromatic rings. The molecule has 12 heteroatoms. The molecule has 1 aromatic carbocycles. The number of aliphatic hydroxyl groups excluding tert-OH is 1. The van der Waals surface area contributed by atoms with Crippen LogP contribution in [0.15, 0.2) is 36.2 Å². The van der Waals surface area contributed by atoms with Crippen molar-refractivity contribution in [3.05, 3.63) is 52.3 Å². The molecule has 2 aromatic heterocycles. The number of fused-ring (bicyclic) bond motifs is 1. The first-order chi connectivity index (χ1) is 16.0. The third-order valence-corrected chi connectivity index (χ3v) is 5.51. The smallest absolute Gasteiger partial charge is 0.330 e. The zero-order chi connectivity index (χ0) is 23.1. The first kappa shape index (κ1) is 20.7.